The van der Waals surface area contributed by atoms with Gasteiger partial charge in [-0.25, -0.2) is 21.9 Å². The molecular weight excluding hydrogens is 362 g/mol. The van der Waals surface area contributed by atoms with Crippen LogP contribution in [0.3, 0.4) is 0 Å². The van der Waals surface area contributed by atoms with Gasteiger partial charge in [-0.1, -0.05) is 19.1 Å². The molecule has 0 saturated carbocycles. The first-order valence-electron chi connectivity index (χ1n) is 7.81. The van der Waals surface area contributed by atoms with Crippen LogP contribution in [0.5, 0.6) is 0 Å². The van der Waals surface area contributed by atoms with Crippen LogP contribution in [-0.4, -0.2) is 20.9 Å². The third-order valence-corrected chi connectivity index (χ3v) is 4.90. The van der Waals surface area contributed by atoms with Gasteiger partial charge < -0.3 is 5.32 Å². The smallest absolute Gasteiger partial charge is 0.244 e. The van der Waals surface area contributed by atoms with E-state index in [-0.39, 0.29) is 11.4 Å². The number of sulfonamides is 1. The van der Waals surface area contributed by atoms with Crippen molar-refractivity contribution < 1.29 is 22.0 Å². The average molecular weight is 380 g/mol. The lowest BCUT2D eigenvalue weighted by atomic mass is 10.2. The van der Waals surface area contributed by atoms with Gasteiger partial charge in [-0.3, -0.25) is 4.79 Å². The van der Waals surface area contributed by atoms with Crippen molar-refractivity contribution in [1.82, 2.24) is 10.0 Å². The molecule has 0 aromatic heterocycles. The Bertz CT molecular complexity index is 890. The van der Waals surface area contributed by atoms with Gasteiger partial charge in [0.05, 0.1) is 4.90 Å². The van der Waals surface area contributed by atoms with Gasteiger partial charge in [-0.15, -0.1) is 0 Å². The van der Waals surface area contributed by atoms with Crippen molar-refractivity contribution >= 4 is 22.0 Å². The predicted molar refractivity (Wildman–Crippen MR) is 94.5 cm³/mol. The molecule has 0 aliphatic heterocycles. The zero-order valence-electron chi connectivity index (χ0n) is 14.0. The first-order chi connectivity index (χ1) is 12.3. The lowest BCUT2D eigenvalue weighted by Crippen LogP contribution is -2.23. The second kappa shape index (κ2) is 8.68. The molecule has 0 fully saturated rings. The summed E-state index contributed by atoms with van der Waals surface area (Å²) in [7, 11) is -3.52. The van der Waals surface area contributed by atoms with Crippen LogP contribution in [0.2, 0.25) is 0 Å². The number of rotatable bonds is 7. The third-order valence-electron chi connectivity index (χ3n) is 3.34. The summed E-state index contributed by atoms with van der Waals surface area (Å²) in [6, 6.07) is 9.03. The summed E-state index contributed by atoms with van der Waals surface area (Å²) in [5.74, 6) is -1.87. The van der Waals surface area contributed by atoms with Crippen LogP contribution in [0, 0.1) is 11.6 Å². The molecule has 26 heavy (non-hydrogen) atoms. The van der Waals surface area contributed by atoms with E-state index in [0.717, 1.165) is 18.2 Å². The molecule has 138 valence electrons. The maximum Gasteiger partial charge on any atom is 0.244 e. The Morgan fingerprint density at radius 2 is 1.69 bits per heavy atom. The summed E-state index contributed by atoms with van der Waals surface area (Å²) in [6.07, 6.45) is 2.76. The van der Waals surface area contributed by atoms with Gasteiger partial charge in [0.25, 0.3) is 0 Å². The van der Waals surface area contributed by atoms with E-state index in [2.05, 4.69) is 10.0 Å². The zero-order chi connectivity index (χ0) is 19.2. The van der Waals surface area contributed by atoms with E-state index >= 15 is 0 Å². The van der Waals surface area contributed by atoms with E-state index in [1.807, 2.05) is 0 Å². The van der Waals surface area contributed by atoms with Crippen LogP contribution in [0.1, 0.15) is 18.1 Å². The van der Waals surface area contributed by atoms with Crippen molar-refractivity contribution in [3.05, 3.63) is 71.3 Å². The number of hydrogen-bond donors (Lipinski definition) is 2. The van der Waals surface area contributed by atoms with Gasteiger partial charge in [0.1, 0.15) is 11.6 Å². The van der Waals surface area contributed by atoms with E-state index in [4.69, 9.17) is 0 Å². The molecule has 5 nitrogen and oxygen atoms in total. The summed E-state index contributed by atoms with van der Waals surface area (Å²) in [5.41, 5.74) is 0.939. The number of nitrogens with one attached hydrogen (secondary N) is 2. The quantitative estimate of drug-likeness (QED) is 0.725. The van der Waals surface area contributed by atoms with Crippen LogP contribution in [-0.2, 0) is 21.4 Å². The van der Waals surface area contributed by atoms with Gasteiger partial charge in [0, 0.05) is 25.2 Å². The molecule has 0 saturated heterocycles. The Morgan fingerprint density at radius 1 is 1.08 bits per heavy atom. The van der Waals surface area contributed by atoms with E-state index in [1.165, 1.54) is 24.3 Å². The molecule has 1 amide bonds. The Kier molecular flexibility index (Phi) is 6.59. The van der Waals surface area contributed by atoms with Crippen LogP contribution in [0.25, 0.3) is 6.08 Å². The molecule has 2 rings (SSSR count). The minimum atomic E-state index is -3.52. The number of carbonyl (C=O) groups is 1. The number of amides is 1. The van der Waals surface area contributed by atoms with Crippen LogP contribution >= 0.6 is 0 Å². The summed E-state index contributed by atoms with van der Waals surface area (Å²) >= 11 is 0. The Labute approximate surface area is 150 Å². The molecule has 0 spiro atoms. The molecule has 0 bridgehead atoms. The van der Waals surface area contributed by atoms with Gasteiger partial charge >= 0.3 is 0 Å². The monoisotopic (exact) mass is 380 g/mol. The Morgan fingerprint density at radius 3 is 2.27 bits per heavy atom. The highest BCUT2D eigenvalue weighted by molar-refractivity contribution is 7.89. The molecule has 2 aromatic carbocycles. The maximum atomic E-state index is 13.1. The van der Waals surface area contributed by atoms with Gasteiger partial charge in [-0.05, 0) is 41.5 Å². The number of benzene rings is 2. The van der Waals surface area contributed by atoms with E-state index in [9.17, 15) is 22.0 Å². The molecule has 0 unspecified atom stereocenters. The lowest BCUT2D eigenvalue weighted by Gasteiger charge is -2.05. The number of carbonyl (C=O) groups excluding carboxylic acids is 1. The molecule has 0 aliphatic rings. The predicted octanol–water partition coefficient (Wildman–Crippen LogP) is 2.59. The van der Waals surface area contributed by atoms with Crippen LogP contribution in [0.4, 0.5) is 8.78 Å². The normalized spacial score (nSPS) is 11.7. The number of hydrogen-bond acceptors (Lipinski definition) is 3. The fourth-order valence-electron chi connectivity index (χ4n) is 2.16. The largest absolute Gasteiger partial charge is 0.348 e. The lowest BCUT2D eigenvalue weighted by molar-refractivity contribution is -0.116. The van der Waals surface area contributed by atoms with Gasteiger partial charge in [0.15, 0.2) is 0 Å². The fourth-order valence-corrected chi connectivity index (χ4v) is 3.21. The van der Waals surface area contributed by atoms with Crippen molar-refractivity contribution in [2.24, 2.45) is 0 Å². The van der Waals surface area contributed by atoms with E-state index in [0.29, 0.717) is 17.7 Å². The van der Waals surface area contributed by atoms with Crippen molar-refractivity contribution in [2.75, 3.05) is 6.54 Å². The molecule has 0 heterocycles. The van der Waals surface area contributed by atoms with Crippen molar-refractivity contribution in [3.63, 3.8) is 0 Å². The fraction of sp³-hybridized carbons (Fsp3) is 0.167. The number of halogens is 2. The Hall–Kier alpha value is -2.58. The molecule has 0 atom stereocenters. The van der Waals surface area contributed by atoms with E-state index in [1.54, 1.807) is 19.1 Å². The standard InChI is InChI=1S/C18H18F2N2O3S/c1-2-22-26(24,25)17-6-3-13(4-7-17)5-8-18(23)21-12-14-9-15(19)11-16(20)10-14/h3-11,22H,2,12H2,1H3,(H,21,23)/b8-5+. The molecule has 8 heteroatoms. The van der Waals surface area contributed by atoms with E-state index < -0.39 is 27.6 Å². The van der Waals surface area contributed by atoms with Gasteiger partial charge in [-0.2, -0.15) is 0 Å². The minimum absolute atomic E-state index is 0.0161. The SMILES string of the molecule is CCNS(=O)(=O)c1ccc(/C=C/C(=O)NCc2cc(F)cc(F)c2)cc1. The van der Waals surface area contributed by atoms with Crippen molar-refractivity contribution in [2.45, 2.75) is 18.4 Å². The average Bonchev–Trinajstić information content (AvgIpc) is 2.57. The summed E-state index contributed by atoms with van der Waals surface area (Å²) < 4.78 is 52.2. The van der Waals surface area contributed by atoms with Crippen LogP contribution < -0.4 is 10.0 Å². The molecule has 2 N–H and O–H groups in total. The second-order valence-electron chi connectivity index (χ2n) is 5.40. The second-order valence-corrected chi connectivity index (χ2v) is 7.17. The van der Waals surface area contributed by atoms with Gasteiger partial charge in [0.2, 0.25) is 15.9 Å². The molecule has 2 aromatic rings. The summed E-state index contributed by atoms with van der Waals surface area (Å²) in [5, 5.41) is 2.51. The molecular formula is C18H18F2N2O3S. The third kappa shape index (κ3) is 5.75. The first-order valence-corrected chi connectivity index (χ1v) is 9.29. The highest BCUT2D eigenvalue weighted by Gasteiger charge is 2.11. The summed E-state index contributed by atoms with van der Waals surface area (Å²) in [6.45, 7) is 1.96. The van der Waals surface area contributed by atoms with Crippen LogP contribution in [0.15, 0.2) is 53.4 Å². The first kappa shape index (κ1) is 19.7. The van der Waals surface area contributed by atoms with Crippen molar-refractivity contribution in [1.29, 1.82) is 0 Å². The Balaban J connectivity index is 1.95. The zero-order valence-corrected chi connectivity index (χ0v) is 14.8. The minimum Gasteiger partial charge on any atom is -0.348 e. The highest BCUT2D eigenvalue weighted by atomic mass is 32.2. The molecule has 0 radical (unpaired) electrons. The summed E-state index contributed by atoms with van der Waals surface area (Å²) in [4.78, 5) is 11.9. The maximum absolute atomic E-state index is 13.1. The molecule has 0 aliphatic carbocycles. The highest BCUT2D eigenvalue weighted by Crippen LogP contribution is 2.11. The van der Waals surface area contributed by atoms with Crippen molar-refractivity contribution in [3.8, 4) is 0 Å². The topological polar surface area (TPSA) is 75.3 Å².